The Labute approximate surface area is 84.5 Å². The summed E-state index contributed by atoms with van der Waals surface area (Å²) < 4.78 is 1.86. The third kappa shape index (κ3) is 1.75. The van der Waals surface area contributed by atoms with Gasteiger partial charge in [0, 0.05) is 25.2 Å². The van der Waals surface area contributed by atoms with E-state index in [4.69, 9.17) is 5.73 Å². The predicted octanol–water partition coefficient (Wildman–Crippen LogP) is 1.02. The second-order valence-corrected chi connectivity index (χ2v) is 4.36. The molecule has 3 N–H and O–H groups in total. The van der Waals surface area contributed by atoms with Crippen molar-refractivity contribution >= 4 is 5.82 Å². The summed E-state index contributed by atoms with van der Waals surface area (Å²) in [7, 11) is 1.94. The molecule has 1 saturated carbocycles. The summed E-state index contributed by atoms with van der Waals surface area (Å²) in [5.41, 5.74) is 7.18. The van der Waals surface area contributed by atoms with Crippen LogP contribution in [0.4, 0.5) is 5.82 Å². The van der Waals surface area contributed by atoms with E-state index in [9.17, 15) is 0 Å². The number of anilines is 1. The van der Waals surface area contributed by atoms with E-state index in [-0.39, 0.29) is 5.54 Å². The van der Waals surface area contributed by atoms with Crippen LogP contribution in [0.2, 0.25) is 0 Å². The fraction of sp³-hybridized carbons (Fsp3) is 0.700. The molecule has 0 spiro atoms. The highest BCUT2D eigenvalue weighted by Gasteiger charge is 2.32. The third-order valence-corrected chi connectivity index (χ3v) is 2.97. The lowest BCUT2D eigenvalue weighted by Crippen LogP contribution is -2.52. The Kier molecular flexibility index (Phi) is 2.23. The molecule has 0 aromatic carbocycles. The number of nitrogens with one attached hydrogen (secondary N) is 1. The summed E-state index contributed by atoms with van der Waals surface area (Å²) in [5, 5.41) is 7.62. The standard InChI is InChI=1S/C10H18N4/c1-8-6-9(14(2)13-8)12-7-10(11)4-3-5-10/h6,12H,3-5,7,11H2,1-2H3. The molecule has 78 valence electrons. The van der Waals surface area contributed by atoms with Gasteiger partial charge in [-0.05, 0) is 26.2 Å². The van der Waals surface area contributed by atoms with Gasteiger partial charge in [0.05, 0.1) is 5.69 Å². The average molecular weight is 194 g/mol. The average Bonchev–Trinajstić information content (AvgIpc) is 2.38. The highest BCUT2D eigenvalue weighted by Crippen LogP contribution is 2.29. The van der Waals surface area contributed by atoms with Gasteiger partial charge in [-0.15, -0.1) is 0 Å². The van der Waals surface area contributed by atoms with Gasteiger partial charge in [-0.25, -0.2) is 0 Å². The predicted molar refractivity (Wildman–Crippen MR) is 57.2 cm³/mol. The molecule has 1 aliphatic rings. The van der Waals surface area contributed by atoms with Gasteiger partial charge >= 0.3 is 0 Å². The van der Waals surface area contributed by atoms with E-state index >= 15 is 0 Å². The Morgan fingerprint density at radius 2 is 2.36 bits per heavy atom. The van der Waals surface area contributed by atoms with E-state index < -0.39 is 0 Å². The molecule has 0 unspecified atom stereocenters. The molecule has 1 fully saturated rings. The number of nitrogens with zero attached hydrogens (tertiary/aromatic N) is 2. The minimum absolute atomic E-state index is 0.0260. The van der Waals surface area contributed by atoms with Gasteiger partial charge in [-0.2, -0.15) is 5.10 Å². The Balaban J connectivity index is 1.94. The number of aryl methyl sites for hydroxylation is 2. The molecule has 1 heterocycles. The largest absolute Gasteiger partial charge is 0.368 e. The van der Waals surface area contributed by atoms with Crippen molar-refractivity contribution in [2.45, 2.75) is 31.7 Å². The quantitative estimate of drug-likeness (QED) is 0.755. The van der Waals surface area contributed by atoms with Gasteiger partial charge in [0.15, 0.2) is 0 Å². The maximum Gasteiger partial charge on any atom is 0.124 e. The van der Waals surface area contributed by atoms with Crippen LogP contribution in [0.3, 0.4) is 0 Å². The summed E-state index contributed by atoms with van der Waals surface area (Å²) in [5.74, 6) is 1.05. The van der Waals surface area contributed by atoms with Crippen molar-refractivity contribution < 1.29 is 0 Å². The van der Waals surface area contributed by atoms with Gasteiger partial charge in [-0.3, -0.25) is 4.68 Å². The molecule has 1 aromatic rings. The molecule has 0 amide bonds. The van der Waals surface area contributed by atoms with Crippen LogP contribution in [0.15, 0.2) is 6.07 Å². The van der Waals surface area contributed by atoms with Crippen LogP contribution < -0.4 is 11.1 Å². The van der Waals surface area contributed by atoms with Crippen LogP contribution in [0.25, 0.3) is 0 Å². The van der Waals surface area contributed by atoms with Crippen molar-refractivity contribution in [2.75, 3.05) is 11.9 Å². The summed E-state index contributed by atoms with van der Waals surface area (Å²) in [6, 6.07) is 2.04. The Bertz CT molecular complexity index is 325. The van der Waals surface area contributed by atoms with Crippen molar-refractivity contribution in [1.29, 1.82) is 0 Å². The van der Waals surface area contributed by atoms with Crippen LogP contribution in [-0.4, -0.2) is 21.9 Å². The molecule has 0 radical (unpaired) electrons. The van der Waals surface area contributed by atoms with Gasteiger partial charge in [0.25, 0.3) is 0 Å². The Morgan fingerprint density at radius 3 is 2.79 bits per heavy atom. The van der Waals surface area contributed by atoms with E-state index in [2.05, 4.69) is 10.4 Å². The zero-order valence-corrected chi connectivity index (χ0v) is 8.88. The normalized spacial score (nSPS) is 19.1. The molecule has 14 heavy (non-hydrogen) atoms. The van der Waals surface area contributed by atoms with Crippen molar-refractivity contribution in [3.8, 4) is 0 Å². The molecule has 4 heteroatoms. The lowest BCUT2D eigenvalue weighted by atomic mass is 9.78. The summed E-state index contributed by atoms with van der Waals surface area (Å²) in [6.45, 7) is 2.85. The molecule has 0 saturated heterocycles. The first-order chi connectivity index (χ1) is 6.59. The van der Waals surface area contributed by atoms with Crippen LogP contribution in [0.5, 0.6) is 0 Å². The van der Waals surface area contributed by atoms with Gasteiger partial charge in [0.1, 0.15) is 5.82 Å². The molecular formula is C10H18N4. The van der Waals surface area contributed by atoms with Gasteiger partial charge in [-0.1, -0.05) is 0 Å². The van der Waals surface area contributed by atoms with Crippen LogP contribution in [-0.2, 0) is 7.05 Å². The smallest absolute Gasteiger partial charge is 0.124 e. The monoisotopic (exact) mass is 194 g/mol. The summed E-state index contributed by atoms with van der Waals surface area (Å²) in [6.07, 6.45) is 3.54. The molecule has 0 aliphatic heterocycles. The lowest BCUT2D eigenvalue weighted by Gasteiger charge is -2.38. The van der Waals surface area contributed by atoms with E-state index in [0.29, 0.717) is 0 Å². The van der Waals surface area contributed by atoms with Crippen molar-refractivity contribution in [2.24, 2.45) is 12.8 Å². The number of hydrogen-bond acceptors (Lipinski definition) is 3. The number of nitrogens with two attached hydrogens (primary N) is 1. The van der Waals surface area contributed by atoms with Crippen LogP contribution in [0.1, 0.15) is 25.0 Å². The molecule has 4 nitrogen and oxygen atoms in total. The zero-order valence-electron chi connectivity index (χ0n) is 8.88. The molecular weight excluding hydrogens is 176 g/mol. The first-order valence-electron chi connectivity index (χ1n) is 5.12. The molecule has 1 aromatic heterocycles. The Hall–Kier alpha value is -1.03. The minimum Gasteiger partial charge on any atom is -0.368 e. The minimum atomic E-state index is 0.0260. The molecule has 1 aliphatic carbocycles. The first kappa shape index (κ1) is 9.52. The second kappa shape index (κ2) is 3.28. The summed E-state index contributed by atoms with van der Waals surface area (Å²) >= 11 is 0. The molecule has 0 atom stereocenters. The van der Waals surface area contributed by atoms with Crippen molar-refractivity contribution in [3.05, 3.63) is 11.8 Å². The second-order valence-electron chi connectivity index (χ2n) is 4.36. The van der Waals surface area contributed by atoms with Crippen molar-refractivity contribution in [3.63, 3.8) is 0 Å². The molecule has 2 rings (SSSR count). The van der Waals surface area contributed by atoms with E-state index in [1.165, 1.54) is 6.42 Å². The zero-order chi connectivity index (χ0) is 10.2. The topological polar surface area (TPSA) is 55.9 Å². The SMILES string of the molecule is Cc1cc(NCC2(N)CCC2)n(C)n1. The lowest BCUT2D eigenvalue weighted by molar-refractivity contribution is 0.265. The maximum absolute atomic E-state index is 6.12. The van der Waals surface area contributed by atoms with E-state index in [1.54, 1.807) is 0 Å². The molecule has 0 bridgehead atoms. The number of rotatable bonds is 3. The maximum atomic E-state index is 6.12. The highest BCUT2D eigenvalue weighted by molar-refractivity contribution is 5.37. The van der Waals surface area contributed by atoms with Crippen LogP contribution in [0, 0.1) is 6.92 Å². The first-order valence-corrected chi connectivity index (χ1v) is 5.12. The summed E-state index contributed by atoms with van der Waals surface area (Å²) in [4.78, 5) is 0. The fourth-order valence-corrected chi connectivity index (χ4v) is 1.85. The van der Waals surface area contributed by atoms with Gasteiger partial charge < -0.3 is 11.1 Å². The van der Waals surface area contributed by atoms with Gasteiger partial charge in [0.2, 0.25) is 0 Å². The van der Waals surface area contributed by atoms with E-state index in [1.807, 2.05) is 24.7 Å². The highest BCUT2D eigenvalue weighted by atomic mass is 15.3. The van der Waals surface area contributed by atoms with Crippen molar-refractivity contribution in [1.82, 2.24) is 9.78 Å². The third-order valence-electron chi connectivity index (χ3n) is 2.97. The van der Waals surface area contributed by atoms with E-state index in [0.717, 1.165) is 30.9 Å². The Morgan fingerprint density at radius 1 is 1.64 bits per heavy atom. The van der Waals surface area contributed by atoms with Crippen LogP contribution >= 0.6 is 0 Å². The number of aromatic nitrogens is 2. The number of hydrogen-bond donors (Lipinski definition) is 2. The fourth-order valence-electron chi connectivity index (χ4n) is 1.85.